The highest BCUT2D eigenvalue weighted by Gasteiger charge is 2.07. The number of nitrogens with one attached hydrogen (secondary N) is 1. The molecule has 1 aromatic heterocycles. The number of ether oxygens (including phenoxy) is 1. The Morgan fingerprint density at radius 1 is 0.931 bits per heavy atom. The van der Waals surface area contributed by atoms with Gasteiger partial charge in [0.2, 0.25) is 0 Å². The minimum Gasteiger partial charge on any atom is -0.494 e. The van der Waals surface area contributed by atoms with Crippen LogP contribution in [0.3, 0.4) is 0 Å². The maximum absolute atomic E-state index is 6.11. The van der Waals surface area contributed by atoms with Crippen molar-refractivity contribution in [2.75, 3.05) is 11.9 Å². The van der Waals surface area contributed by atoms with Crippen LogP contribution in [0.15, 0.2) is 47.8 Å². The largest absolute Gasteiger partial charge is 0.494 e. The van der Waals surface area contributed by atoms with Crippen molar-refractivity contribution in [3.8, 4) is 17.0 Å². The van der Waals surface area contributed by atoms with E-state index in [0.29, 0.717) is 10.0 Å². The summed E-state index contributed by atoms with van der Waals surface area (Å²) < 4.78 is 5.84. The molecule has 2 aromatic carbocycles. The number of hydrogen-bond acceptors (Lipinski definition) is 4. The fourth-order valence-corrected chi connectivity index (χ4v) is 3.99. The van der Waals surface area contributed by atoms with Gasteiger partial charge in [-0.3, -0.25) is 0 Å². The second-order valence-electron chi connectivity index (χ2n) is 6.93. The highest BCUT2D eigenvalue weighted by molar-refractivity contribution is 7.14. The van der Waals surface area contributed by atoms with Crippen LogP contribution in [0.25, 0.3) is 11.3 Å². The zero-order valence-corrected chi connectivity index (χ0v) is 18.9. The van der Waals surface area contributed by atoms with Crippen LogP contribution < -0.4 is 10.1 Å². The number of unbranched alkanes of at least 4 members (excludes halogenated alkanes) is 5. The normalized spacial score (nSPS) is 10.9. The van der Waals surface area contributed by atoms with Crippen molar-refractivity contribution in [1.29, 1.82) is 0 Å². The summed E-state index contributed by atoms with van der Waals surface area (Å²) in [6.45, 7) is 3.02. The number of benzene rings is 2. The first-order chi connectivity index (χ1) is 14.2. The lowest BCUT2D eigenvalue weighted by Crippen LogP contribution is -1.97. The lowest BCUT2D eigenvalue weighted by atomic mass is 10.1. The van der Waals surface area contributed by atoms with Gasteiger partial charge in [0, 0.05) is 16.6 Å². The number of thiazole rings is 1. The molecule has 0 radical (unpaired) electrons. The van der Waals surface area contributed by atoms with E-state index in [1.54, 1.807) is 17.4 Å². The van der Waals surface area contributed by atoms with E-state index in [1.165, 1.54) is 32.1 Å². The van der Waals surface area contributed by atoms with Gasteiger partial charge in [0.25, 0.3) is 0 Å². The predicted molar refractivity (Wildman–Crippen MR) is 126 cm³/mol. The molecule has 0 atom stereocenters. The Bertz CT molecular complexity index is 896. The van der Waals surface area contributed by atoms with Crippen LogP contribution in [-0.2, 0) is 0 Å². The molecule has 154 valence electrons. The van der Waals surface area contributed by atoms with Crippen molar-refractivity contribution in [3.63, 3.8) is 0 Å². The second-order valence-corrected chi connectivity index (χ2v) is 8.60. The average molecular weight is 449 g/mol. The zero-order valence-electron chi connectivity index (χ0n) is 16.6. The summed E-state index contributed by atoms with van der Waals surface area (Å²) in [6, 6.07) is 13.5. The molecular weight excluding hydrogens is 423 g/mol. The van der Waals surface area contributed by atoms with Gasteiger partial charge in [-0.25, -0.2) is 4.98 Å². The summed E-state index contributed by atoms with van der Waals surface area (Å²) >= 11 is 13.6. The Labute approximate surface area is 187 Å². The number of halogens is 2. The van der Waals surface area contributed by atoms with Gasteiger partial charge in [-0.2, -0.15) is 0 Å². The van der Waals surface area contributed by atoms with Crippen molar-refractivity contribution in [1.82, 2.24) is 4.98 Å². The van der Waals surface area contributed by atoms with E-state index in [1.807, 2.05) is 41.8 Å². The standard InChI is InChI=1S/C23H26Cl2N2OS/c1-2-3-4-5-6-7-14-28-19-11-9-18(10-12-19)26-23-27-22(16-29-23)17-8-13-20(24)21(25)15-17/h8-13,15-16H,2-7,14H2,1H3,(H,26,27). The summed E-state index contributed by atoms with van der Waals surface area (Å²) in [5, 5.41) is 7.24. The predicted octanol–water partition coefficient (Wildman–Crippen LogP) is 8.60. The number of aromatic nitrogens is 1. The van der Waals surface area contributed by atoms with Crippen LogP contribution in [0, 0.1) is 0 Å². The molecule has 3 nitrogen and oxygen atoms in total. The molecule has 1 heterocycles. The number of rotatable bonds is 11. The minimum atomic E-state index is 0.531. The maximum atomic E-state index is 6.11. The van der Waals surface area contributed by atoms with Gasteiger partial charge < -0.3 is 10.1 Å². The Morgan fingerprint density at radius 2 is 1.69 bits per heavy atom. The Kier molecular flexibility index (Phi) is 8.66. The highest BCUT2D eigenvalue weighted by Crippen LogP contribution is 2.31. The summed E-state index contributed by atoms with van der Waals surface area (Å²) in [5.74, 6) is 0.903. The van der Waals surface area contributed by atoms with Gasteiger partial charge in [0.05, 0.1) is 22.3 Å². The molecule has 0 aliphatic heterocycles. The first-order valence-electron chi connectivity index (χ1n) is 10.1. The minimum absolute atomic E-state index is 0.531. The molecule has 0 fully saturated rings. The molecule has 6 heteroatoms. The lowest BCUT2D eigenvalue weighted by Gasteiger charge is -2.08. The quantitative estimate of drug-likeness (QED) is 0.298. The fraction of sp³-hybridized carbons (Fsp3) is 0.348. The van der Waals surface area contributed by atoms with Gasteiger partial charge in [0.15, 0.2) is 5.13 Å². The molecular formula is C23H26Cl2N2OS. The van der Waals surface area contributed by atoms with Crippen molar-refractivity contribution in [3.05, 3.63) is 57.9 Å². The van der Waals surface area contributed by atoms with Crippen LogP contribution in [-0.4, -0.2) is 11.6 Å². The number of hydrogen-bond donors (Lipinski definition) is 1. The van der Waals surface area contributed by atoms with Gasteiger partial charge in [-0.05, 0) is 42.8 Å². The maximum Gasteiger partial charge on any atom is 0.187 e. The number of anilines is 2. The lowest BCUT2D eigenvalue weighted by molar-refractivity contribution is 0.304. The zero-order chi connectivity index (χ0) is 20.5. The molecule has 0 aliphatic rings. The van der Waals surface area contributed by atoms with Gasteiger partial charge >= 0.3 is 0 Å². The molecule has 3 rings (SSSR count). The molecule has 0 saturated heterocycles. The van der Waals surface area contributed by atoms with E-state index >= 15 is 0 Å². The van der Waals surface area contributed by atoms with Crippen molar-refractivity contribution in [2.24, 2.45) is 0 Å². The van der Waals surface area contributed by atoms with Crippen LogP contribution in [0.5, 0.6) is 5.75 Å². The smallest absolute Gasteiger partial charge is 0.187 e. The molecule has 0 unspecified atom stereocenters. The SMILES string of the molecule is CCCCCCCCOc1ccc(Nc2nc(-c3ccc(Cl)c(Cl)c3)cs2)cc1. The molecule has 0 saturated carbocycles. The number of nitrogens with zero attached hydrogens (tertiary/aromatic N) is 1. The van der Waals surface area contributed by atoms with E-state index in [0.717, 1.165) is 40.9 Å². The first kappa shape index (κ1) is 21.9. The van der Waals surface area contributed by atoms with Crippen molar-refractivity contribution in [2.45, 2.75) is 45.4 Å². The van der Waals surface area contributed by atoms with E-state index in [9.17, 15) is 0 Å². The van der Waals surface area contributed by atoms with Crippen LogP contribution >= 0.6 is 34.5 Å². The van der Waals surface area contributed by atoms with Crippen LogP contribution in [0.1, 0.15) is 45.4 Å². The summed E-state index contributed by atoms with van der Waals surface area (Å²) in [6.07, 6.45) is 7.61. The summed E-state index contributed by atoms with van der Waals surface area (Å²) in [7, 11) is 0. The molecule has 0 amide bonds. The Morgan fingerprint density at radius 3 is 2.45 bits per heavy atom. The summed E-state index contributed by atoms with van der Waals surface area (Å²) in [4.78, 5) is 4.63. The summed E-state index contributed by atoms with van der Waals surface area (Å²) in [5.41, 5.74) is 2.80. The molecule has 0 spiro atoms. The van der Waals surface area contributed by atoms with Gasteiger partial charge in [-0.1, -0.05) is 68.3 Å². The monoisotopic (exact) mass is 448 g/mol. The van der Waals surface area contributed by atoms with Crippen LogP contribution in [0.2, 0.25) is 10.0 Å². The van der Waals surface area contributed by atoms with E-state index in [-0.39, 0.29) is 0 Å². The third-order valence-corrected chi connectivity index (χ3v) is 6.09. The molecule has 1 N–H and O–H groups in total. The topological polar surface area (TPSA) is 34.1 Å². The molecule has 0 aliphatic carbocycles. The fourth-order valence-electron chi connectivity index (χ4n) is 2.95. The highest BCUT2D eigenvalue weighted by atomic mass is 35.5. The first-order valence-corrected chi connectivity index (χ1v) is 11.7. The van der Waals surface area contributed by atoms with E-state index in [2.05, 4.69) is 17.2 Å². The van der Waals surface area contributed by atoms with Crippen molar-refractivity contribution >= 4 is 45.4 Å². The third kappa shape index (κ3) is 6.91. The van der Waals surface area contributed by atoms with Gasteiger partial charge in [0.1, 0.15) is 5.75 Å². The van der Waals surface area contributed by atoms with E-state index < -0.39 is 0 Å². The second kappa shape index (κ2) is 11.4. The molecule has 0 bridgehead atoms. The molecule has 29 heavy (non-hydrogen) atoms. The third-order valence-electron chi connectivity index (χ3n) is 4.59. The van der Waals surface area contributed by atoms with Crippen LogP contribution in [0.4, 0.5) is 10.8 Å². The van der Waals surface area contributed by atoms with E-state index in [4.69, 9.17) is 27.9 Å². The van der Waals surface area contributed by atoms with Gasteiger partial charge in [-0.15, -0.1) is 11.3 Å². The van der Waals surface area contributed by atoms with Crippen molar-refractivity contribution < 1.29 is 4.74 Å². The Hall–Kier alpha value is -1.75. The Balaban J connectivity index is 1.47. The molecule has 3 aromatic rings. The average Bonchev–Trinajstić information content (AvgIpc) is 3.19.